The van der Waals surface area contributed by atoms with Gasteiger partial charge in [0.15, 0.2) is 11.5 Å². The first-order valence-electron chi connectivity index (χ1n) is 11.3. The topological polar surface area (TPSA) is 109 Å². The molecule has 0 saturated heterocycles. The molecule has 1 amide bonds. The predicted octanol–water partition coefficient (Wildman–Crippen LogP) is 5.38. The van der Waals surface area contributed by atoms with Gasteiger partial charge in [-0.25, -0.2) is 4.98 Å². The van der Waals surface area contributed by atoms with Crippen LogP contribution in [0.1, 0.15) is 41.0 Å². The van der Waals surface area contributed by atoms with E-state index in [2.05, 4.69) is 27.5 Å². The minimum absolute atomic E-state index is 0.0493. The van der Waals surface area contributed by atoms with Crippen molar-refractivity contribution in [3.63, 3.8) is 0 Å². The molecule has 3 N–H and O–H groups in total. The number of carbonyl (C=O) groups is 1. The van der Waals surface area contributed by atoms with E-state index in [9.17, 15) is 9.90 Å². The standard InChI is InChI=1S/C27H27N5O3/c1-4-22(18-6-5-7-21(12-18)30-27(34)20-9-8-17(2)29-14-20)31-26-16-28-15-23(32-26)19-10-11-24(33)25(13-19)35-3/h5-16,22,33H,4H2,1-3H3,(H,30,34)(H,31,32)/t22-/m0/s1. The summed E-state index contributed by atoms with van der Waals surface area (Å²) in [5.41, 5.74) is 4.49. The van der Waals surface area contributed by atoms with Crippen molar-refractivity contribution in [3.8, 4) is 22.8 Å². The number of pyridine rings is 1. The molecule has 0 aliphatic carbocycles. The third-order valence-corrected chi connectivity index (χ3v) is 5.56. The van der Waals surface area contributed by atoms with E-state index in [1.165, 1.54) is 7.11 Å². The van der Waals surface area contributed by atoms with Crippen LogP contribution in [0.15, 0.2) is 73.2 Å². The Hall–Kier alpha value is -4.46. The number of phenols is 1. The third-order valence-electron chi connectivity index (χ3n) is 5.56. The Bertz CT molecular complexity index is 1320. The average molecular weight is 470 g/mol. The smallest absolute Gasteiger partial charge is 0.257 e. The number of hydrogen-bond donors (Lipinski definition) is 3. The molecule has 2 heterocycles. The Kier molecular flexibility index (Phi) is 7.21. The molecule has 8 nitrogen and oxygen atoms in total. The van der Waals surface area contributed by atoms with Gasteiger partial charge in [-0.15, -0.1) is 0 Å². The number of ether oxygens (including phenoxy) is 1. The number of amides is 1. The lowest BCUT2D eigenvalue weighted by Gasteiger charge is -2.19. The minimum atomic E-state index is -0.210. The van der Waals surface area contributed by atoms with Crippen LogP contribution >= 0.6 is 0 Å². The first kappa shape index (κ1) is 23.7. The normalized spacial score (nSPS) is 11.5. The minimum Gasteiger partial charge on any atom is -0.504 e. The number of anilines is 2. The molecular formula is C27H27N5O3. The van der Waals surface area contributed by atoms with Crippen LogP contribution in [0, 0.1) is 6.92 Å². The van der Waals surface area contributed by atoms with Gasteiger partial charge in [0, 0.05) is 23.1 Å². The van der Waals surface area contributed by atoms with Gasteiger partial charge in [-0.05, 0) is 61.4 Å². The van der Waals surface area contributed by atoms with E-state index < -0.39 is 0 Å². The molecule has 1 atom stereocenters. The summed E-state index contributed by atoms with van der Waals surface area (Å²) in [4.78, 5) is 25.8. The molecule has 4 aromatic rings. The average Bonchev–Trinajstić information content (AvgIpc) is 2.88. The molecular weight excluding hydrogens is 442 g/mol. The fourth-order valence-electron chi connectivity index (χ4n) is 3.65. The van der Waals surface area contributed by atoms with E-state index in [4.69, 9.17) is 9.72 Å². The number of aryl methyl sites for hydroxylation is 1. The Morgan fingerprint density at radius 1 is 1.09 bits per heavy atom. The van der Waals surface area contributed by atoms with Crippen LogP contribution in [0.25, 0.3) is 11.3 Å². The van der Waals surface area contributed by atoms with Gasteiger partial charge in [-0.3, -0.25) is 14.8 Å². The van der Waals surface area contributed by atoms with E-state index in [1.54, 1.807) is 42.9 Å². The summed E-state index contributed by atoms with van der Waals surface area (Å²) in [6.07, 6.45) is 5.69. The Morgan fingerprint density at radius 2 is 1.94 bits per heavy atom. The largest absolute Gasteiger partial charge is 0.504 e. The summed E-state index contributed by atoms with van der Waals surface area (Å²) >= 11 is 0. The van der Waals surface area contributed by atoms with Crippen LogP contribution in [0.2, 0.25) is 0 Å². The summed E-state index contributed by atoms with van der Waals surface area (Å²) in [6, 6.07) is 16.3. The van der Waals surface area contributed by atoms with E-state index in [0.29, 0.717) is 28.5 Å². The number of aromatic hydroxyl groups is 1. The zero-order valence-electron chi connectivity index (χ0n) is 19.8. The van der Waals surface area contributed by atoms with E-state index >= 15 is 0 Å². The van der Waals surface area contributed by atoms with Crippen molar-refractivity contribution in [2.45, 2.75) is 26.3 Å². The lowest BCUT2D eigenvalue weighted by atomic mass is 10.0. The molecule has 178 valence electrons. The number of aromatic nitrogens is 3. The van der Waals surface area contributed by atoms with Gasteiger partial charge < -0.3 is 20.5 Å². The molecule has 0 unspecified atom stereocenters. The van der Waals surface area contributed by atoms with Crippen LogP contribution in [0.5, 0.6) is 11.5 Å². The van der Waals surface area contributed by atoms with E-state index in [1.807, 2.05) is 37.3 Å². The van der Waals surface area contributed by atoms with Crippen molar-refractivity contribution in [1.82, 2.24) is 15.0 Å². The van der Waals surface area contributed by atoms with Crippen molar-refractivity contribution < 1.29 is 14.6 Å². The van der Waals surface area contributed by atoms with Gasteiger partial charge in [-0.2, -0.15) is 0 Å². The molecule has 0 spiro atoms. The second-order valence-electron chi connectivity index (χ2n) is 8.05. The molecule has 8 heteroatoms. The second-order valence-corrected chi connectivity index (χ2v) is 8.05. The summed E-state index contributed by atoms with van der Waals surface area (Å²) in [5, 5.41) is 16.2. The molecule has 0 saturated carbocycles. The quantitative estimate of drug-likeness (QED) is 0.318. The number of rotatable bonds is 8. The van der Waals surface area contributed by atoms with Crippen molar-refractivity contribution >= 4 is 17.4 Å². The fraction of sp³-hybridized carbons (Fsp3) is 0.185. The summed E-state index contributed by atoms with van der Waals surface area (Å²) in [6.45, 7) is 3.95. The first-order chi connectivity index (χ1) is 17.0. The SMILES string of the molecule is CC[C@H](Nc1cncc(-c2ccc(O)c(OC)c2)n1)c1cccc(NC(=O)c2ccc(C)nc2)c1. The number of methoxy groups -OCH3 is 1. The maximum Gasteiger partial charge on any atom is 0.257 e. The number of benzene rings is 2. The van der Waals surface area contributed by atoms with Crippen LogP contribution in [-0.4, -0.2) is 33.1 Å². The molecule has 35 heavy (non-hydrogen) atoms. The maximum absolute atomic E-state index is 12.6. The second kappa shape index (κ2) is 10.6. The van der Waals surface area contributed by atoms with Crippen molar-refractivity contribution in [1.29, 1.82) is 0 Å². The van der Waals surface area contributed by atoms with E-state index in [0.717, 1.165) is 23.2 Å². The molecule has 0 radical (unpaired) electrons. The Labute approximate surface area is 204 Å². The highest BCUT2D eigenvalue weighted by Crippen LogP contribution is 2.31. The summed E-state index contributed by atoms with van der Waals surface area (Å²) in [5.74, 6) is 0.838. The summed E-state index contributed by atoms with van der Waals surface area (Å²) in [7, 11) is 1.50. The number of carbonyl (C=O) groups excluding carboxylic acids is 1. The predicted molar refractivity (Wildman–Crippen MR) is 136 cm³/mol. The van der Waals surface area contributed by atoms with E-state index in [-0.39, 0.29) is 17.7 Å². The summed E-state index contributed by atoms with van der Waals surface area (Å²) < 4.78 is 5.20. The zero-order chi connectivity index (χ0) is 24.8. The zero-order valence-corrected chi connectivity index (χ0v) is 19.8. The number of phenolic OH excluding ortho intramolecular Hbond substituents is 1. The van der Waals surface area contributed by atoms with Gasteiger partial charge in [0.1, 0.15) is 5.82 Å². The highest BCUT2D eigenvalue weighted by molar-refractivity contribution is 6.04. The highest BCUT2D eigenvalue weighted by atomic mass is 16.5. The number of hydrogen-bond acceptors (Lipinski definition) is 7. The molecule has 0 aliphatic heterocycles. The number of nitrogens with zero attached hydrogens (tertiary/aromatic N) is 3. The van der Waals surface area contributed by atoms with Gasteiger partial charge in [0.05, 0.1) is 36.8 Å². The third kappa shape index (κ3) is 5.73. The molecule has 0 bridgehead atoms. The lowest BCUT2D eigenvalue weighted by molar-refractivity contribution is 0.102. The van der Waals surface area contributed by atoms with Crippen molar-refractivity contribution in [2.24, 2.45) is 0 Å². The lowest BCUT2D eigenvalue weighted by Crippen LogP contribution is -2.14. The molecule has 0 fully saturated rings. The highest BCUT2D eigenvalue weighted by Gasteiger charge is 2.14. The van der Waals surface area contributed by atoms with Gasteiger partial charge in [0.25, 0.3) is 5.91 Å². The van der Waals surface area contributed by atoms with Crippen molar-refractivity contribution in [3.05, 3.63) is 90.0 Å². The molecule has 2 aromatic heterocycles. The molecule has 2 aromatic carbocycles. The van der Waals surface area contributed by atoms with Crippen molar-refractivity contribution in [2.75, 3.05) is 17.7 Å². The van der Waals surface area contributed by atoms with Gasteiger partial charge in [0.2, 0.25) is 0 Å². The van der Waals surface area contributed by atoms with Crippen LogP contribution in [0.4, 0.5) is 11.5 Å². The Balaban J connectivity index is 1.51. The van der Waals surface area contributed by atoms with Crippen LogP contribution in [-0.2, 0) is 0 Å². The molecule has 0 aliphatic rings. The van der Waals surface area contributed by atoms with Gasteiger partial charge >= 0.3 is 0 Å². The first-order valence-corrected chi connectivity index (χ1v) is 11.3. The Morgan fingerprint density at radius 3 is 2.69 bits per heavy atom. The van der Waals surface area contributed by atoms with Crippen LogP contribution in [0.3, 0.4) is 0 Å². The fourth-order valence-corrected chi connectivity index (χ4v) is 3.65. The van der Waals surface area contributed by atoms with Crippen LogP contribution < -0.4 is 15.4 Å². The maximum atomic E-state index is 12.6. The molecule has 4 rings (SSSR count). The number of nitrogens with one attached hydrogen (secondary N) is 2. The monoisotopic (exact) mass is 469 g/mol. The van der Waals surface area contributed by atoms with Gasteiger partial charge in [-0.1, -0.05) is 19.1 Å².